The van der Waals surface area contributed by atoms with Gasteiger partial charge in [-0.05, 0) is 45.1 Å². The normalized spacial score (nSPS) is 30.8. The molecule has 1 N–H and O–H groups in total. The van der Waals surface area contributed by atoms with E-state index >= 15 is 0 Å². The van der Waals surface area contributed by atoms with Gasteiger partial charge in [-0.1, -0.05) is 32.6 Å². The van der Waals surface area contributed by atoms with E-state index in [1.807, 2.05) is 0 Å². The van der Waals surface area contributed by atoms with Crippen molar-refractivity contribution < 1.29 is 9.90 Å². The van der Waals surface area contributed by atoms with Crippen LogP contribution in [0.15, 0.2) is 0 Å². The Morgan fingerprint density at radius 3 is 2.68 bits per heavy atom. The van der Waals surface area contributed by atoms with E-state index in [1.165, 1.54) is 25.7 Å². The number of carbonyl (C=O) groups is 1. The maximum Gasteiger partial charge on any atom is 0.310 e. The van der Waals surface area contributed by atoms with Crippen molar-refractivity contribution in [3.05, 3.63) is 0 Å². The number of piperidine rings is 1. The minimum Gasteiger partial charge on any atom is -0.481 e. The predicted molar refractivity (Wildman–Crippen MR) is 77.2 cm³/mol. The molecule has 2 rings (SSSR count). The number of hydrogen-bond donors (Lipinski definition) is 1. The monoisotopic (exact) mass is 267 g/mol. The lowest BCUT2D eigenvalue weighted by atomic mass is 9.75. The van der Waals surface area contributed by atoms with Crippen molar-refractivity contribution >= 4 is 5.97 Å². The molecule has 1 aliphatic heterocycles. The van der Waals surface area contributed by atoms with Crippen LogP contribution in [0.1, 0.15) is 65.2 Å². The van der Waals surface area contributed by atoms with E-state index < -0.39 is 11.4 Å². The topological polar surface area (TPSA) is 40.5 Å². The van der Waals surface area contributed by atoms with Crippen LogP contribution in [-0.4, -0.2) is 35.1 Å². The lowest BCUT2D eigenvalue weighted by Crippen LogP contribution is -2.51. The lowest BCUT2D eigenvalue weighted by Gasteiger charge is -2.44. The van der Waals surface area contributed by atoms with Crippen molar-refractivity contribution in [1.29, 1.82) is 0 Å². The van der Waals surface area contributed by atoms with E-state index in [0.29, 0.717) is 6.04 Å². The van der Waals surface area contributed by atoms with Crippen molar-refractivity contribution in [3.63, 3.8) is 0 Å². The maximum atomic E-state index is 11.7. The van der Waals surface area contributed by atoms with Gasteiger partial charge in [0.15, 0.2) is 0 Å². The highest BCUT2D eigenvalue weighted by atomic mass is 16.4. The predicted octanol–water partition coefficient (Wildman–Crippen LogP) is 3.53. The molecule has 1 heterocycles. The molecule has 2 fully saturated rings. The summed E-state index contributed by atoms with van der Waals surface area (Å²) in [5.74, 6) is 0.331. The first kappa shape index (κ1) is 14.8. The molecule has 0 spiro atoms. The van der Waals surface area contributed by atoms with Gasteiger partial charge in [0.2, 0.25) is 0 Å². The fourth-order valence-corrected chi connectivity index (χ4v) is 3.87. The van der Waals surface area contributed by atoms with Gasteiger partial charge in [0.1, 0.15) is 0 Å². The number of hydrogen-bond acceptors (Lipinski definition) is 2. The molecule has 2 aliphatic rings. The highest BCUT2D eigenvalue weighted by Crippen LogP contribution is 2.38. The van der Waals surface area contributed by atoms with Crippen LogP contribution in [0.4, 0.5) is 0 Å². The van der Waals surface area contributed by atoms with Gasteiger partial charge < -0.3 is 5.11 Å². The van der Waals surface area contributed by atoms with Gasteiger partial charge in [-0.25, -0.2) is 0 Å². The summed E-state index contributed by atoms with van der Waals surface area (Å²) in [5, 5.41) is 9.63. The van der Waals surface area contributed by atoms with Crippen molar-refractivity contribution in [2.75, 3.05) is 13.1 Å². The zero-order valence-electron chi connectivity index (χ0n) is 12.5. The highest BCUT2D eigenvalue weighted by molar-refractivity contribution is 5.75. The summed E-state index contributed by atoms with van der Waals surface area (Å²) < 4.78 is 0. The average Bonchev–Trinajstić information content (AvgIpc) is 2.34. The quantitative estimate of drug-likeness (QED) is 0.800. The van der Waals surface area contributed by atoms with Gasteiger partial charge in [-0.15, -0.1) is 0 Å². The molecule has 1 saturated heterocycles. The van der Waals surface area contributed by atoms with Gasteiger partial charge >= 0.3 is 5.97 Å². The van der Waals surface area contributed by atoms with Crippen LogP contribution in [-0.2, 0) is 4.79 Å². The van der Waals surface area contributed by atoms with Gasteiger partial charge in [0.25, 0.3) is 0 Å². The molecule has 0 aromatic heterocycles. The molecule has 0 bridgehead atoms. The number of carboxylic acid groups (broad SMARTS) is 1. The van der Waals surface area contributed by atoms with E-state index in [2.05, 4.69) is 18.7 Å². The van der Waals surface area contributed by atoms with E-state index in [-0.39, 0.29) is 0 Å². The Bertz CT molecular complexity index is 310. The third-order valence-corrected chi connectivity index (χ3v) is 5.31. The molecule has 3 nitrogen and oxygen atoms in total. The fourth-order valence-electron chi connectivity index (χ4n) is 3.87. The fraction of sp³-hybridized carbons (Fsp3) is 0.938. The molecule has 0 radical (unpaired) electrons. The Balaban J connectivity index is 1.95. The van der Waals surface area contributed by atoms with Gasteiger partial charge in [-0.3, -0.25) is 9.69 Å². The zero-order chi connectivity index (χ0) is 13.9. The molecule has 0 amide bonds. The molecule has 2 atom stereocenters. The summed E-state index contributed by atoms with van der Waals surface area (Å²) in [6, 6.07) is 0.557. The van der Waals surface area contributed by atoms with Crippen LogP contribution in [0, 0.1) is 11.3 Å². The first-order valence-corrected chi connectivity index (χ1v) is 8.05. The SMILES string of the molecule is CCCC1(C(=O)O)CCCN(C(C)CC2CCC2)C1. The second kappa shape index (κ2) is 6.25. The second-order valence-corrected chi connectivity index (χ2v) is 6.79. The molecule has 0 aromatic carbocycles. The minimum absolute atomic E-state index is 0.471. The number of likely N-dealkylation sites (tertiary alicyclic amines) is 1. The molecule has 0 aromatic rings. The highest BCUT2D eigenvalue weighted by Gasteiger charge is 2.42. The average molecular weight is 267 g/mol. The second-order valence-electron chi connectivity index (χ2n) is 6.79. The van der Waals surface area contributed by atoms with Gasteiger partial charge in [0, 0.05) is 12.6 Å². The first-order chi connectivity index (χ1) is 9.07. The summed E-state index contributed by atoms with van der Waals surface area (Å²) in [7, 11) is 0. The van der Waals surface area contributed by atoms with E-state index in [1.54, 1.807) is 0 Å². The van der Waals surface area contributed by atoms with Crippen molar-refractivity contribution in [3.8, 4) is 0 Å². The summed E-state index contributed by atoms with van der Waals surface area (Å²) in [6.07, 6.45) is 9.14. The summed E-state index contributed by atoms with van der Waals surface area (Å²) >= 11 is 0. The third-order valence-electron chi connectivity index (χ3n) is 5.31. The summed E-state index contributed by atoms with van der Waals surface area (Å²) in [5.41, 5.74) is -0.471. The van der Waals surface area contributed by atoms with Crippen LogP contribution in [0.2, 0.25) is 0 Å². The van der Waals surface area contributed by atoms with Crippen LogP contribution >= 0.6 is 0 Å². The van der Waals surface area contributed by atoms with Crippen LogP contribution < -0.4 is 0 Å². The standard InChI is InChI=1S/C16H29NO2/c1-3-8-16(15(18)19)9-5-10-17(12-16)13(2)11-14-6-4-7-14/h13-14H,3-12H2,1-2H3,(H,18,19). The van der Waals surface area contributed by atoms with Crippen molar-refractivity contribution in [2.24, 2.45) is 11.3 Å². The number of rotatable bonds is 6. The van der Waals surface area contributed by atoms with Crippen molar-refractivity contribution in [1.82, 2.24) is 4.90 Å². The number of nitrogens with zero attached hydrogens (tertiary/aromatic N) is 1. The smallest absolute Gasteiger partial charge is 0.310 e. The van der Waals surface area contributed by atoms with E-state index in [0.717, 1.165) is 44.7 Å². The molecule has 110 valence electrons. The molecular weight excluding hydrogens is 238 g/mol. The molecule has 1 aliphatic carbocycles. The number of aliphatic carboxylic acids is 1. The molecule has 2 unspecified atom stereocenters. The zero-order valence-corrected chi connectivity index (χ0v) is 12.5. The third kappa shape index (κ3) is 3.31. The van der Waals surface area contributed by atoms with Gasteiger partial charge in [0.05, 0.1) is 5.41 Å². The Hall–Kier alpha value is -0.570. The van der Waals surface area contributed by atoms with Crippen LogP contribution in [0.5, 0.6) is 0 Å². The Kier molecular flexibility index (Phi) is 4.88. The lowest BCUT2D eigenvalue weighted by molar-refractivity contribution is -0.154. The molecule has 1 saturated carbocycles. The minimum atomic E-state index is -0.574. The van der Waals surface area contributed by atoms with Crippen molar-refractivity contribution in [2.45, 2.75) is 71.3 Å². The Morgan fingerprint density at radius 2 is 2.16 bits per heavy atom. The Labute approximate surface area is 117 Å². The van der Waals surface area contributed by atoms with Gasteiger partial charge in [-0.2, -0.15) is 0 Å². The summed E-state index contributed by atoms with van der Waals surface area (Å²) in [4.78, 5) is 14.1. The van der Waals surface area contributed by atoms with E-state index in [4.69, 9.17) is 0 Å². The largest absolute Gasteiger partial charge is 0.481 e. The van der Waals surface area contributed by atoms with Crippen LogP contribution in [0.25, 0.3) is 0 Å². The number of carboxylic acids is 1. The molecule has 19 heavy (non-hydrogen) atoms. The summed E-state index contributed by atoms with van der Waals surface area (Å²) in [6.45, 7) is 6.25. The molecule has 3 heteroatoms. The Morgan fingerprint density at radius 1 is 1.42 bits per heavy atom. The van der Waals surface area contributed by atoms with E-state index in [9.17, 15) is 9.90 Å². The first-order valence-electron chi connectivity index (χ1n) is 8.05. The van der Waals surface area contributed by atoms with Crippen LogP contribution in [0.3, 0.4) is 0 Å². The maximum absolute atomic E-state index is 11.7. The molecular formula is C16H29NO2.